The number of hydrogen-bond donors (Lipinski definition) is 1. The molecule has 16 heavy (non-hydrogen) atoms. The molecule has 0 spiro atoms. The number of Topliss-reactive ketones (excluding diaryl/α,β-unsaturated/α-hetero) is 1. The van der Waals surface area contributed by atoms with Gasteiger partial charge < -0.3 is 9.88 Å². The largest absolute Gasteiger partial charge is 0.367 e. The van der Waals surface area contributed by atoms with E-state index in [0.29, 0.717) is 6.54 Å². The van der Waals surface area contributed by atoms with E-state index < -0.39 is 0 Å². The number of aryl methyl sites for hydroxylation is 1. The number of nitrogens with zero attached hydrogens (tertiary/aromatic N) is 2. The lowest BCUT2D eigenvalue weighted by atomic mass is 10.2. The predicted molar refractivity (Wildman–Crippen MR) is 64.8 cm³/mol. The SMILES string of the molecule is CC(=O)CN(C)c1ccc2nc(C)[nH]c2c1. The summed E-state index contributed by atoms with van der Waals surface area (Å²) in [5.41, 5.74) is 2.98. The number of carbonyl (C=O) groups is 1. The monoisotopic (exact) mass is 217 g/mol. The Balaban J connectivity index is 2.34. The minimum Gasteiger partial charge on any atom is -0.367 e. The first-order valence-electron chi connectivity index (χ1n) is 5.23. The maximum atomic E-state index is 11.0. The van der Waals surface area contributed by atoms with E-state index in [9.17, 15) is 4.79 Å². The lowest BCUT2D eigenvalue weighted by Crippen LogP contribution is -2.23. The van der Waals surface area contributed by atoms with Crippen molar-refractivity contribution in [1.82, 2.24) is 9.97 Å². The van der Waals surface area contributed by atoms with Crippen molar-refractivity contribution in [2.75, 3.05) is 18.5 Å². The van der Waals surface area contributed by atoms with Crippen LogP contribution in [0.2, 0.25) is 0 Å². The second-order valence-corrected chi connectivity index (χ2v) is 4.08. The van der Waals surface area contributed by atoms with Crippen molar-refractivity contribution in [2.24, 2.45) is 0 Å². The van der Waals surface area contributed by atoms with Gasteiger partial charge in [0.05, 0.1) is 17.6 Å². The Hall–Kier alpha value is -1.84. The summed E-state index contributed by atoms with van der Waals surface area (Å²) >= 11 is 0. The van der Waals surface area contributed by atoms with Crippen molar-refractivity contribution in [3.05, 3.63) is 24.0 Å². The van der Waals surface area contributed by atoms with E-state index in [1.54, 1.807) is 6.92 Å². The van der Waals surface area contributed by atoms with E-state index in [0.717, 1.165) is 22.5 Å². The summed E-state index contributed by atoms with van der Waals surface area (Å²) in [4.78, 5) is 20.5. The highest BCUT2D eigenvalue weighted by molar-refractivity contribution is 5.83. The van der Waals surface area contributed by atoms with E-state index in [-0.39, 0.29) is 5.78 Å². The number of hydrogen-bond acceptors (Lipinski definition) is 3. The maximum absolute atomic E-state index is 11.0. The highest BCUT2D eigenvalue weighted by atomic mass is 16.1. The number of carbonyl (C=O) groups excluding carboxylic acids is 1. The van der Waals surface area contributed by atoms with Gasteiger partial charge in [-0.05, 0) is 32.0 Å². The van der Waals surface area contributed by atoms with Gasteiger partial charge in [-0.15, -0.1) is 0 Å². The number of imidazole rings is 1. The molecule has 1 N–H and O–H groups in total. The highest BCUT2D eigenvalue weighted by Crippen LogP contribution is 2.19. The standard InChI is InChI=1S/C12H15N3O/c1-8(16)7-15(3)10-4-5-11-12(6-10)14-9(2)13-11/h4-6H,7H2,1-3H3,(H,13,14). The van der Waals surface area contributed by atoms with E-state index in [2.05, 4.69) is 9.97 Å². The average Bonchev–Trinajstić information content (AvgIpc) is 2.55. The van der Waals surface area contributed by atoms with Gasteiger partial charge in [0.25, 0.3) is 0 Å². The van der Waals surface area contributed by atoms with Gasteiger partial charge in [0.2, 0.25) is 0 Å². The fourth-order valence-electron chi connectivity index (χ4n) is 1.79. The average molecular weight is 217 g/mol. The molecule has 0 saturated heterocycles. The van der Waals surface area contributed by atoms with Crippen molar-refractivity contribution in [3.63, 3.8) is 0 Å². The second kappa shape index (κ2) is 3.96. The molecule has 0 fully saturated rings. The summed E-state index contributed by atoms with van der Waals surface area (Å²) < 4.78 is 0. The first-order valence-corrected chi connectivity index (χ1v) is 5.23. The topological polar surface area (TPSA) is 49.0 Å². The molecule has 0 aliphatic carbocycles. The molecule has 1 heterocycles. The van der Waals surface area contributed by atoms with E-state index in [4.69, 9.17) is 0 Å². The third kappa shape index (κ3) is 2.05. The quantitative estimate of drug-likeness (QED) is 0.854. The Kier molecular flexibility index (Phi) is 2.64. The molecule has 1 aromatic carbocycles. The number of aromatic amines is 1. The third-order valence-corrected chi connectivity index (χ3v) is 2.48. The summed E-state index contributed by atoms with van der Waals surface area (Å²) in [5, 5.41) is 0. The molecule has 4 heteroatoms. The molecule has 84 valence electrons. The summed E-state index contributed by atoms with van der Waals surface area (Å²) in [6.45, 7) is 3.95. The van der Waals surface area contributed by atoms with Crippen molar-refractivity contribution in [1.29, 1.82) is 0 Å². The number of benzene rings is 1. The maximum Gasteiger partial charge on any atom is 0.149 e. The van der Waals surface area contributed by atoms with Gasteiger partial charge in [-0.3, -0.25) is 4.79 Å². The fourth-order valence-corrected chi connectivity index (χ4v) is 1.79. The molecule has 4 nitrogen and oxygen atoms in total. The molecule has 0 aliphatic heterocycles. The third-order valence-electron chi connectivity index (χ3n) is 2.48. The molecule has 0 saturated carbocycles. The van der Waals surface area contributed by atoms with Crippen LogP contribution in [0.5, 0.6) is 0 Å². The Bertz CT molecular complexity index is 530. The van der Waals surface area contributed by atoms with E-state index in [1.807, 2.05) is 37.1 Å². The molecule has 0 aliphatic rings. The molecule has 0 amide bonds. The molecule has 1 aromatic heterocycles. The van der Waals surface area contributed by atoms with Gasteiger partial charge in [0, 0.05) is 12.7 Å². The number of anilines is 1. The number of H-pyrrole nitrogens is 1. The summed E-state index contributed by atoms with van der Waals surface area (Å²) in [6.07, 6.45) is 0. The molecular weight excluding hydrogens is 202 g/mol. The molecule has 2 rings (SSSR count). The smallest absolute Gasteiger partial charge is 0.149 e. The first-order chi connectivity index (χ1) is 7.56. The fraction of sp³-hybridized carbons (Fsp3) is 0.333. The normalized spacial score (nSPS) is 10.7. The van der Waals surface area contributed by atoms with E-state index >= 15 is 0 Å². The van der Waals surface area contributed by atoms with Crippen molar-refractivity contribution >= 4 is 22.5 Å². The van der Waals surface area contributed by atoms with Crippen LogP contribution < -0.4 is 4.90 Å². The Labute approximate surface area is 94.3 Å². The summed E-state index contributed by atoms with van der Waals surface area (Å²) in [7, 11) is 1.91. The minimum absolute atomic E-state index is 0.156. The zero-order valence-electron chi connectivity index (χ0n) is 9.74. The Morgan fingerprint density at radius 3 is 2.94 bits per heavy atom. The Morgan fingerprint density at radius 2 is 2.25 bits per heavy atom. The molecule has 0 unspecified atom stereocenters. The van der Waals surface area contributed by atoms with Crippen LogP contribution in [0.3, 0.4) is 0 Å². The lowest BCUT2D eigenvalue weighted by Gasteiger charge is -2.17. The number of aromatic nitrogens is 2. The predicted octanol–water partition coefficient (Wildman–Crippen LogP) is 1.90. The second-order valence-electron chi connectivity index (χ2n) is 4.08. The molecule has 0 atom stereocenters. The number of rotatable bonds is 3. The van der Waals surface area contributed by atoms with Crippen molar-refractivity contribution in [2.45, 2.75) is 13.8 Å². The summed E-state index contributed by atoms with van der Waals surface area (Å²) in [5.74, 6) is 1.06. The van der Waals surface area contributed by atoms with Crippen LogP contribution in [-0.4, -0.2) is 29.3 Å². The Morgan fingerprint density at radius 1 is 1.50 bits per heavy atom. The van der Waals surface area contributed by atoms with Crippen molar-refractivity contribution < 1.29 is 4.79 Å². The van der Waals surface area contributed by atoms with Crippen LogP contribution in [0, 0.1) is 6.92 Å². The molecule has 2 aromatic rings. The van der Waals surface area contributed by atoms with Crippen LogP contribution in [0.4, 0.5) is 5.69 Å². The zero-order chi connectivity index (χ0) is 11.7. The van der Waals surface area contributed by atoms with Crippen LogP contribution in [0.15, 0.2) is 18.2 Å². The van der Waals surface area contributed by atoms with Gasteiger partial charge >= 0.3 is 0 Å². The van der Waals surface area contributed by atoms with Crippen LogP contribution >= 0.6 is 0 Å². The lowest BCUT2D eigenvalue weighted by molar-refractivity contribution is -0.115. The van der Waals surface area contributed by atoms with E-state index in [1.165, 1.54) is 0 Å². The van der Waals surface area contributed by atoms with Crippen molar-refractivity contribution in [3.8, 4) is 0 Å². The molecule has 0 radical (unpaired) electrons. The van der Waals surface area contributed by atoms with Crippen LogP contribution in [-0.2, 0) is 4.79 Å². The highest BCUT2D eigenvalue weighted by Gasteiger charge is 2.06. The van der Waals surface area contributed by atoms with Gasteiger partial charge in [0.15, 0.2) is 0 Å². The summed E-state index contributed by atoms with van der Waals surface area (Å²) in [6, 6.07) is 5.95. The van der Waals surface area contributed by atoms with Crippen LogP contribution in [0.25, 0.3) is 11.0 Å². The van der Waals surface area contributed by atoms with Gasteiger partial charge in [-0.1, -0.05) is 0 Å². The number of ketones is 1. The first kappa shape index (κ1) is 10.7. The number of likely N-dealkylation sites (N-methyl/N-ethyl adjacent to an activating group) is 1. The molecular formula is C12H15N3O. The number of nitrogens with one attached hydrogen (secondary N) is 1. The van der Waals surface area contributed by atoms with Gasteiger partial charge in [-0.25, -0.2) is 4.98 Å². The van der Waals surface area contributed by atoms with Gasteiger partial charge in [-0.2, -0.15) is 0 Å². The minimum atomic E-state index is 0.156. The number of fused-ring (bicyclic) bond motifs is 1. The van der Waals surface area contributed by atoms with Crippen LogP contribution in [0.1, 0.15) is 12.7 Å². The molecule has 0 bridgehead atoms. The van der Waals surface area contributed by atoms with Gasteiger partial charge in [0.1, 0.15) is 11.6 Å². The zero-order valence-corrected chi connectivity index (χ0v) is 9.74.